The van der Waals surface area contributed by atoms with Gasteiger partial charge in [0.1, 0.15) is 11.4 Å². The SMILES string of the molecule is COCCCN1C(=S)N[C@@H](c2ccccn2)[C@@H]1c1cc(C)n(-c2ccc(OC)cc2[N+](=O)[O-])c1C. The number of pyridine rings is 1. The number of ether oxygens (including phenoxy) is 2. The molecule has 0 saturated carbocycles. The van der Waals surface area contributed by atoms with Gasteiger partial charge in [-0.2, -0.15) is 0 Å². The first-order chi connectivity index (χ1) is 16.9. The van der Waals surface area contributed by atoms with Crippen molar-refractivity contribution in [2.24, 2.45) is 0 Å². The Bertz CT molecular complexity index is 1230. The molecule has 4 rings (SSSR count). The van der Waals surface area contributed by atoms with E-state index in [0.29, 0.717) is 29.7 Å². The van der Waals surface area contributed by atoms with Gasteiger partial charge in [0.25, 0.3) is 5.69 Å². The fraction of sp³-hybridized carbons (Fsp3) is 0.360. The van der Waals surface area contributed by atoms with Gasteiger partial charge in [0.2, 0.25) is 0 Å². The van der Waals surface area contributed by atoms with Crippen LogP contribution in [0.3, 0.4) is 0 Å². The Morgan fingerprint density at radius 3 is 2.66 bits per heavy atom. The first-order valence-electron chi connectivity index (χ1n) is 11.4. The second-order valence-corrected chi connectivity index (χ2v) is 8.83. The highest BCUT2D eigenvalue weighted by Gasteiger charge is 2.41. The molecule has 1 aliphatic rings. The average Bonchev–Trinajstić information content (AvgIpc) is 3.34. The molecule has 3 heterocycles. The predicted molar refractivity (Wildman–Crippen MR) is 137 cm³/mol. The summed E-state index contributed by atoms with van der Waals surface area (Å²) in [5.74, 6) is 0.438. The van der Waals surface area contributed by atoms with Crippen molar-refractivity contribution in [2.45, 2.75) is 32.4 Å². The summed E-state index contributed by atoms with van der Waals surface area (Å²) < 4.78 is 12.4. The van der Waals surface area contributed by atoms with Crippen LogP contribution in [0.15, 0.2) is 48.7 Å². The molecule has 3 aromatic rings. The molecular formula is C25H29N5O4S. The van der Waals surface area contributed by atoms with Crippen molar-refractivity contribution in [1.82, 2.24) is 19.8 Å². The van der Waals surface area contributed by atoms with Crippen molar-refractivity contribution < 1.29 is 14.4 Å². The van der Waals surface area contributed by atoms with Crippen molar-refractivity contribution in [3.63, 3.8) is 0 Å². The van der Waals surface area contributed by atoms with Gasteiger partial charge in [-0.05, 0) is 68.4 Å². The molecular weight excluding hydrogens is 466 g/mol. The van der Waals surface area contributed by atoms with Gasteiger partial charge in [0.15, 0.2) is 5.11 Å². The van der Waals surface area contributed by atoms with E-state index in [0.717, 1.165) is 29.1 Å². The van der Waals surface area contributed by atoms with E-state index in [9.17, 15) is 10.1 Å². The van der Waals surface area contributed by atoms with Gasteiger partial charge in [-0.25, -0.2) is 0 Å². The highest BCUT2D eigenvalue weighted by molar-refractivity contribution is 7.80. The van der Waals surface area contributed by atoms with E-state index in [-0.39, 0.29) is 22.7 Å². The number of nitrogens with zero attached hydrogens (tertiary/aromatic N) is 4. The summed E-state index contributed by atoms with van der Waals surface area (Å²) in [6.07, 6.45) is 2.58. The summed E-state index contributed by atoms with van der Waals surface area (Å²) in [6.45, 7) is 5.27. The molecule has 10 heteroatoms. The maximum atomic E-state index is 11.9. The molecule has 0 aliphatic carbocycles. The number of nitro benzene ring substituents is 1. The molecule has 1 saturated heterocycles. The van der Waals surface area contributed by atoms with E-state index >= 15 is 0 Å². The molecule has 1 aliphatic heterocycles. The lowest BCUT2D eigenvalue weighted by Gasteiger charge is -2.28. The fourth-order valence-electron chi connectivity index (χ4n) is 4.79. The third kappa shape index (κ3) is 4.71. The zero-order valence-corrected chi connectivity index (χ0v) is 21.0. The van der Waals surface area contributed by atoms with Crippen LogP contribution in [0.1, 0.15) is 41.1 Å². The van der Waals surface area contributed by atoms with Crippen LogP contribution in [0.2, 0.25) is 0 Å². The molecule has 9 nitrogen and oxygen atoms in total. The minimum atomic E-state index is -0.379. The predicted octanol–water partition coefficient (Wildman–Crippen LogP) is 4.41. The maximum Gasteiger partial charge on any atom is 0.296 e. The molecule has 0 amide bonds. The summed E-state index contributed by atoms with van der Waals surface area (Å²) in [4.78, 5) is 18.3. The number of hydrogen-bond acceptors (Lipinski definition) is 6. The van der Waals surface area contributed by atoms with Crippen LogP contribution in [0.25, 0.3) is 5.69 Å². The number of hydrogen-bond donors (Lipinski definition) is 1. The first-order valence-corrected chi connectivity index (χ1v) is 11.8. The van der Waals surface area contributed by atoms with E-state index in [4.69, 9.17) is 21.7 Å². The summed E-state index contributed by atoms with van der Waals surface area (Å²) >= 11 is 5.74. The molecule has 1 aromatic carbocycles. The Kier molecular flexibility index (Phi) is 7.32. The van der Waals surface area contributed by atoms with E-state index in [1.807, 2.05) is 36.6 Å². The zero-order valence-electron chi connectivity index (χ0n) is 20.2. The zero-order chi connectivity index (χ0) is 25.1. The number of nitrogens with one attached hydrogen (secondary N) is 1. The van der Waals surface area contributed by atoms with Crippen molar-refractivity contribution in [1.29, 1.82) is 0 Å². The van der Waals surface area contributed by atoms with Crippen molar-refractivity contribution >= 4 is 23.0 Å². The highest BCUT2D eigenvalue weighted by atomic mass is 32.1. The lowest BCUT2D eigenvalue weighted by Crippen LogP contribution is -2.31. The van der Waals surface area contributed by atoms with Gasteiger partial charge in [-0.15, -0.1) is 0 Å². The Morgan fingerprint density at radius 1 is 1.20 bits per heavy atom. The summed E-state index contributed by atoms with van der Waals surface area (Å²) in [5, 5.41) is 16.0. The van der Waals surface area contributed by atoms with Crippen LogP contribution < -0.4 is 10.1 Å². The van der Waals surface area contributed by atoms with Crippen LogP contribution in [-0.4, -0.2) is 51.9 Å². The van der Waals surface area contributed by atoms with Crippen molar-refractivity contribution in [3.05, 3.63) is 81.4 Å². The molecule has 0 bridgehead atoms. The van der Waals surface area contributed by atoms with Gasteiger partial charge in [-0.3, -0.25) is 15.1 Å². The molecule has 2 aromatic heterocycles. The second kappa shape index (κ2) is 10.4. The Balaban J connectivity index is 1.83. The molecule has 35 heavy (non-hydrogen) atoms. The number of nitro groups is 1. The minimum absolute atomic E-state index is 0.0176. The van der Waals surface area contributed by atoms with Crippen LogP contribution in [0.4, 0.5) is 5.69 Å². The van der Waals surface area contributed by atoms with Crippen LogP contribution in [-0.2, 0) is 4.74 Å². The monoisotopic (exact) mass is 495 g/mol. The van der Waals surface area contributed by atoms with E-state index < -0.39 is 0 Å². The van der Waals surface area contributed by atoms with Crippen LogP contribution >= 0.6 is 12.2 Å². The van der Waals surface area contributed by atoms with Gasteiger partial charge in [0, 0.05) is 37.8 Å². The number of aryl methyl sites for hydroxylation is 1. The third-order valence-electron chi connectivity index (χ3n) is 6.35. The largest absolute Gasteiger partial charge is 0.496 e. The molecule has 184 valence electrons. The summed E-state index contributed by atoms with van der Waals surface area (Å²) in [7, 11) is 3.18. The molecule has 2 atom stereocenters. The summed E-state index contributed by atoms with van der Waals surface area (Å²) in [6, 6.07) is 12.5. The first kappa shape index (κ1) is 24.6. The van der Waals surface area contributed by atoms with Crippen LogP contribution in [0.5, 0.6) is 5.75 Å². The summed E-state index contributed by atoms with van der Waals surface area (Å²) in [5.41, 5.74) is 4.19. The van der Waals surface area contributed by atoms with E-state index in [1.165, 1.54) is 13.2 Å². The molecule has 0 unspecified atom stereocenters. The number of aromatic nitrogens is 2. The third-order valence-corrected chi connectivity index (χ3v) is 6.71. The number of methoxy groups -OCH3 is 2. The lowest BCUT2D eigenvalue weighted by molar-refractivity contribution is -0.384. The highest BCUT2D eigenvalue weighted by Crippen LogP contribution is 2.42. The van der Waals surface area contributed by atoms with E-state index in [2.05, 4.69) is 21.3 Å². The maximum absolute atomic E-state index is 11.9. The van der Waals surface area contributed by atoms with Gasteiger partial charge >= 0.3 is 0 Å². The topological polar surface area (TPSA) is 94.7 Å². The van der Waals surface area contributed by atoms with E-state index in [1.54, 1.807) is 25.4 Å². The Hall–Kier alpha value is -3.50. The smallest absolute Gasteiger partial charge is 0.296 e. The quantitative estimate of drug-likeness (QED) is 0.202. The Labute approximate surface area is 209 Å². The molecule has 1 N–H and O–H groups in total. The lowest BCUT2D eigenvalue weighted by atomic mass is 9.96. The number of benzene rings is 1. The molecule has 1 fully saturated rings. The second-order valence-electron chi connectivity index (χ2n) is 8.44. The van der Waals surface area contributed by atoms with Crippen LogP contribution in [0, 0.1) is 24.0 Å². The van der Waals surface area contributed by atoms with Gasteiger partial charge in [0.05, 0.1) is 35.9 Å². The minimum Gasteiger partial charge on any atom is -0.496 e. The molecule has 0 spiro atoms. The van der Waals surface area contributed by atoms with Gasteiger partial charge < -0.3 is 24.3 Å². The standard InChI is InChI=1S/C25H29N5O4S/c1-16-14-19(17(2)29(16)21-10-9-18(34-4)15-22(21)30(31)32)24-23(20-8-5-6-11-26-20)27-25(35)28(24)12-7-13-33-3/h5-6,8-11,14-15,23-24H,7,12-13H2,1-4H3,(H,27,35)/t23-,24-/m0/s1. The number of thiocarbonyl (C=S) groups is 1. The average molecular weight is 496 g/mol. The van der Waals surface area contributed by atoms with Gasteiger partial charge in [-0.1, -0.05) is 6.07 Å². The fourth-order valence-corrected chi connectivity index (χ4v) is 5.12. The Morgan fingerprint density at radius 2 is 2.00 bits per heavy atom. The van der Waals surface area contributed by atoms with Crippen molar-refractivity contribution in [2.75, 3.05) is 27.4 Å². The molecule has 0 radical (unpaired) electrons. The normalized spacial score (nSPS) is 17.5. The number of rotatable bonds is 9. The van der Waals surface area contributed by atoms with Crippen molar-refractivity contribution in [3.8, 4) is 11.4 Å².